The van der Waals surface area contributed by atoms with Crippen molar-refractivity contribution in [1.29, 1.82) is 0 Å². The number of rotatable bonds is 0. The fraction of sp³-hybridized carbons (Fsp3) is 0. The van der Waals surface area contributed by atoms with Gasteiger partial charge in [-0.1, -0.05) is 5.69 Å². The standard InChI is InChI=1S/C6H6NO.Co/c7-5-2-1-3-6(8)4-5;/h1-2,4,8H,7H2;/q-1;. The number of nitrogens with two attached hydrogens (primary N) is 1. The van der Waals surface area contributed by atoms with Gasteiger partial charge in [0.1, 0.15) is 0 Å². The molecule has 2 nitrogen and oxygen atoms in total. The monoisotopic (exact) mass is 167 g/mol. The van der Waals surface area contributed by atoms with Gasteiger partial charge in [-0.25, -0.2) is 0 Å². The molecular formula is C6H6CoNO-. The Bertz CT molecular complexity index is 173. The molecule has 51 valence electrons. The smallest absolute Gasteiger partial charge is 0.00587 e. The Labute approximate surface area is 63.9 Å². The first-order valence-electron chi connectivity index (χ1n) is 2.25. The minimum Gasteiger partial charge on any atom is -0.534 e. The zero-order valence-corrected chi connectivity index (χ0v) is 5.63. The van der Waals surface area contributed by atoms with Crippen molar-refractivity contribution in [1.82, 2.24) is 0 Å². The first kappa shape index (κ1) is 8.33. The molecule has 0 unspecified atom stereocenters. The summed E-state index contributed by atoms with van der Waals surface area (Å²) in [5.74, 6) is 0.0880. The van der Waals surface area contributed by atoms with E-state index in [-0.39, 0.29) is 22.5 Å². The molecule has 0 atom stereocenters. The zero-order valence-electron chi connectivity index (χ0n) is 4.59. The van der Waals surface area contributed by atoms with Crippen molar-refractivity contribution in [2.45, 2.75) is 0 Å². The normalized spacial score (nSPS) is 8.00. The van der Waals surface area contributed by atoms with Crippen molar-refractivity contribution in [2.75, 3.05) is 5.73 Å². The molecule has 9 heavy (non-hydrogen) atoms. The molecule has 1 aromatic carbocycles. The van der Waals surface area contributed by atoms with Gasteiger partial charge in [-0.2, -0.15) is 6.07 Å². The minimum atomic E-state index is 0. The van der Waals surface area contributed by atoms with Crippen LogP contribution in [-0.2, 0) is 16.8 Å². The number of phenolic OH excluding ortho intramolecular Hbond substituents is 1. The molecule has 3 heteroatoms. The summed E-state index contributed by atoms with van der Waals surface area (Å²) in [4.78, 5) is 0. The molecule has 1 radical (unpaired) electrons. The average Bonchev–Trinajstić information content (AvgIpc) is 1.64. The van der Waals surface area contributed by atoms with Gasteiger partial charge in [-0.3, -0.25) is 0 Å². The summed E-state index contributed by atoms with van der Waals surface area (Å²) in [6.07, 6.45) is 0. The second kappa shape index (κ2) is 3.37. The Morgan fingerprint density at radius 2 is 2.22 bits per heavy atom. The van der Waals surface area contributed by atoms with Crippen LogP contribution in [0.1, 0.15) is 0 Å². The molecule has 0 bridgehead atoms. The molecule has 0 spiro atoms. The molecule has 0 aliphatic heterocycles. The molecule has 3 N–H and O–H groups in total. The van der Waals surface area contributed by atoms with Crippen LogP contribution in [-0.4, -0.2) is 5.11 Å². The summed E-state index contributed by atoms with van der Waals surface area (Å²) in [6.45, 7) is 0. The van der Waals surface area contributed by atoms with Gasteiger partial charge in [0.25, 0.3) is 0 Å². The van der Waals surface area contributed by atoms with Crippen LogP contribution < -0.4 is 5.73 Å². The fourth-order valence-electron chi connectivity index (χ4n) is 0.471. The molecule has 1 aromatic rings. The molecule has 0 aromatic heterocycles. The predicted octanol–water partition coefficient (Wildman–Crippen LogP) is 0.772. The maximum atomic E-state index is 8.68. The topological polar surface area (TPSA) is 46.2 Å². The van der Waals surface area contributed by atoms with E-state index in [4.69, 9.17) is 10.8 Å². The van der Waals surface area contributed by atoms with Gasteiger partial charge in [0.15, 0.2) is 0 Å². The van der Waals surface area contributed by atoms with E-state index in [0.717, 1.165) is 0 Å². The Balaban J connectivity index is 0.000000640. The molecule has 0 saturated carbocycles. The summed E-state index contributed by atoms with van der Waals surface area (Å²) >= 11 is 0. The Kier molecular flexibility index (Phi) is 3.12. The molecular weight excluding hydrogens is 161 g/mol. The van der Waals surface area contributed by atoms with Crippen LogP contribution in [0, 0.1) is 6.07 Å². The van der Waals surface area contributed by atoms with E-state index in [1.54, 1.807) is 12.1 Å². The molecule has 0 fully saturated rings. The van der Waals surface area contributed by atoms with Crippen LogP contribution in [0.25, 0.3) is 0 Å². The van der Waals surface area contributed by atoms with Crippen LogP contribution in [0.3, 0.4) is 0 Å². The second-order valence-electron chi connectivity index (χ2n) is 1.51. The van der Waals surface area contributed by atoms with Gasteiger partial charge in [-0.05, 0) is 0 Å². The Morgan fingerprint density at radius 3 is 2.56 bits per heavy atom. The number of phenols is 1. The first-order chi connectivity index (χ1) is 3.79. The summed E-state index contributed by atoms with van der Waals surface area (Å²) in [7, 11) is 0. The van der Waals surface area contributed by atoms with E-state index in [0.29, 0.717) is 5.69 Å². The molecule has 0 aliphatic rings. The number of anilines is 1. The SMILES string of the molecule is Nc1cc[c-]c(O)c1.[Co]. The van der Waals surface area contributed by atoms with E-state index >= 15 is 0 Å². The van der Waals surface area contributed by atoms with Crippen LogP contribution in [0.5, 0.6) is 5.75 Å². The molecule has 0 aliphatic carbocycles. The van der Waals surface area contributed by atoms with Gasteiger partial charge in [0.05, 0.1) is 0 Å². The number of hydrogen-bond donors (Lipinski definition) is 2. The van der Waals surface area contributed by atoms with Crippen LogP contribution in [0.15, 0.2) is 18.2 Å². The molecule has 1 rings (SSSR count). The second-order valence-corrected chi connectivity index (χ2v) is 1.51. The van der Waals surface area contributed by atoms with E-state index in [9.17, 15) is 0 Å². The molecule has 0 amide bonds. The van der Waals surface area contributed by atoms with Crippen LogP contribution in [0.2, 0.25) is 0 Å². The third-order valence-electron chi connectivity index (χ3n) is 0.810. The average molecular weight is 167 g/mol. The zero-order chi connectivity index (χ0) is 5.98. The maximum Gasteiger partial charge on any atom is 0.00587 e. The van der Waals surface area contributed by atoms with Gasteiger partial charge >= 0.3 is 0 Å². The van der Waals surface area contributed by atoms with E-state index in [1.165, 1.54) is 6.07 Å². The predicted molar refractivity (Wildman–Crippen MR) is 31.4 cm³/mol. The summed E-state index contributed by atoms with van der Waals surface area (Å²) in [5.41, 5.74) is 5.84. The summed E-state index contributed by atoms with van der Waals surface area (Å²) < 4.78 is 0. The quantitative estimate of drug-likeness (QED) is 0.442. The van der Waals surface area contributed by atoms with E-state index in [1.807, 2.05) is 0 Å². The number of hydrogen-bond acceptors (Lipinski definition) is 2. The van der Waals surface area contributed by atoms with Gasteiger partial charge in [-0.15, -0.1) is 18.2 Å². The molecule has 0 heterocycles. The van der Waals surface area contributed by atoms with Gasteiger partial charge in [0.2, 0.25) is 0 Å². The third kappa shape index (κ3) is 2.39. The van der Waals surface area contributed by atoms with Crippen LogP contribution >= 0.6 is 0 Å². The Hall–Kier alpha value is -0.674. The van der Waals surface area contributed by atoms with Crippen molar-refractivity contribution >= 4 is 5.69 Å². The van der Waals surface area contributed by atoms with Crippen molar-refractivity contribution in [3.8, 4) is 5.75 Å². The first-order valence-corrected chi connectivity index (χ1v) is 2.25. The molecule has 0 saturated heterocycles. The fourth-order valence-corrected chi connectivity index (χ4v) is 0.471. The number of aromatic hydroxyl groups is 1. The van der Waals surface area contributed by atoms with Crippen LogP contribution in [0.4, 0.5) is 5.69 Å². The van der Waals surface area contributed by atoms with Gasteiger partial charge in [0, 0.05) is 22.5 Å². The maximum absolute atomic E-state index is 8.68. The van der Waals surface area contributed by atoms with Gasteiger partial charge < -0.3 is 10.8 Å². The summed E-state index contributed by atoms with van der Waals surface area (Å²) in [6, 6.07) is 7.23. The van der Waals surface area contributed by atoms with Crippen molar-refractivity contribution < 1.29 is 21.9 Å². The largest absolute Gasteiger partial charge is 0.534 e. The Morgan fingerprint density at radius 1 is 1.56 bits per heavy atom. The third-order valence-corrected chi connectivity index (χ3v) is 0.810. The van der Waals surface area contributed by atoms with Crippen molar-refractivity contribution in [2.24, 2.45) is 0 Å². The number of benzene rings is 1. The summed E-state index contributed by atoms with van der Waals surface area (Å²) in [5, 5.41) is 8.68. The van der Waals surface area contributed by atoms with E-state index < -0.39 is 0 Å². The van der Waals surface area contributed by atoms with E-state index in [2.05, 4.69) is 6.07 Å². The van der Waals surface area contributed by atoms with Crippen molar-refractivity contribution in [3.63, 3.8) is 0 Å². The number of nitrogen functional groups attached to an aromatic ring is 1. The minimum absolute atomic E-state index is 0. The van der Waals surface area contributed by atoms with Crippen molar-refractivity contribution in [3.05, 3.63) is 24.3 Å².